The molecule has 1 heterocycles. The van der Waals surface area contributed by atoms with Gasteiger partial charge in [0.25, 0.3) is 0 Å². The molecule has 0 bridgehead atoms. The van der Waals surface area contributed by atoms with Crippen molar-refractivity contribution in [2.45, 2.75) is 6.04 Å². The molecule has 1 unspecified atom stereocenters. The van der Waals surface area contributed by atoms with Gasteiger partial charge in [-0.1, -0.05) is 12.1 Å². The van der Waals surface area contributed by atoms with E-state index in [1.165, 1.54) is 4.90 Å². The van der Waals surface area contributed by atoms with E-state index in [1.807, 2.05) is 0 Å². The van der Waals surface area contributed by atoms with Crippen molar-refractivity contribution in [3.05, 3.63) is 29.8 Å². The van der Waals surface area contributed by atoms with Crippen LogP contribution in [0.3, 0.4) is 0 Å². The predicted molar refractivity (Wildman–Crippen MR) is 67.9 cm³/mol. The molecule has 1 aromatic rings. The Bertz CT molecular complexity index is 513. The van der Waals surface area contributed by atoms with E-state index < -0.39 is 25.0 Å². The van der Waals surface area contributed by atoms with Gasteiger partial charge >= 0.3 is 103 Å². The van der Waals surface area contributed by atoms with Crippen molar-refractivity contribution in [3.8, 4) is 0 Å². The van der Waals surface area contributed by atoms with E-state index in [2.05, 4.69) is 10.3 Å². The topological polar surface area (TPSA) is 108 Å². The van der Waals surface area contributed by atoms with Crippen LogP contribution < -0.4 is 123 Å². The number of carbonyl (C=O) groups is 2. The van der Waals surface area contributed by atoms with Gasteiger partial charge in [0.15, 0.2) is 0 Å². The predicted octanol–water partition coefficient (Wildman–Crippen LogP) is -8.33. The van der Waals surface area contributed by atoms with E-state index in [1.54, 1.807) is 30.6 Å². The number of aliphatic carboxylic acids is 2. The van der Waals surface area contributed by atoms with Crippen LogP contribution in [-0.4, -0.2) is 37.9 Å². The number of carbonyl (C=O) groups excluding carboxylic acids is 2. The molecule has 0 saturated heterocycles. The van der Waals surface area contributed by atoms with Crippen LogP contribution in [0.5, 0.6) is 0 Å². The quantitative estimate of drug-likeness (QED) is 0.509. The molecule has 0 saturated carbocycles. The Labute approximate surface area is 213 Å². The van der Waals surface area contributed by atoms with Gasteiger partial charge in [0.1, 0.15) is 0 Å². The number of aliphatic imine (C=N–C) groups is 1. The number of hydrogen-bond acceptors (Lipinski definition) is 7. The Morgan fingerprint density at radius 3 is 2.09 bits per heavy atom. The molecular weight excluding hydrogens is 340 g/mol. The largest absolute Gasteiger partial charge is 1.00 e. The van der Waals surface area contributed by atoms with Crippen LogP contribution in [-0.2, 0) is 9.59 Å². The van der Waals surface area contributed by atoms with Gasteiger partial charge in [-0.25, -0.2) is 0 Å². The van der Waals surface area contributed by atoms with E-state index in [4.69, 9.17) is 0 Å². The molecule has 0 fully saturated rings. The van der Waals surface area contributed by atoms with Gasteiger partial charge in [0, 0.05) is 5.69 Å². The molecule has 0 aromatic heterocycles. The SMILES string of the molecule is O=C([O-])CN(CC(=O)[O-])c1ccc(C2CN=CN2)cc1.[K+].[K+]. The number of nitrogens with zero attached hydrogens (tertiary/aromatic N) is 2. The van der Waals surface area contributed by atoms with Gasteiger partial charge in [0.05, 0.1) is 44.0 Å². The Kier molecular flexibility index (Phi) is 11.7. The maximum absolute atomic E-state index is 10.6. The first kappa shape index (κ1) is 22.7. The molecule has 7 nitrogen and oxygen atoms in total. The zero-order valence-electron chi connectivity index (χ0n) is 12.6. The van der Waals surface area contributed by atoms with Crippen molar-refractivity contribution in [1.29, 1.82) is 0 Å². The normalized spacial score (nSPS) is 15.2. The van der Waals surface area contributed by atoms with Gasteiger partial charge in [-0.05, 0) is 17.7 Å². The average molecular weight is 353 g/mol. The average Bonchev–Trinajstić information content (AvgIpc) is 2.91. The Morgan fingerprint density at radius 2 is 1.68 bits per heavy atom. The van der Waals surface area contributed by atoms with Crippen molar-refractivity contribution in [2.24, 2.45) is 4.99 Å². The number of rotatable bonds is 6. The number of benzene rings is 1. The van der Waals surface area contributed by atoms with Gasteiger partial charge in [0.2, 0.25) is 0 Å². The van der Waals surface area contributed by atoms with Crippen molar-refractivity contribution >= 4 is 24.0 Å². The van der Waals surface area contributed by atoms with Crippen LogP contribution in [0.1, 0.15) is 11.6 Å². The number of anilines is 1. The molecule has 1 N–H and O–H groups in total. The summed E-state index contributed by atoms with van der Waals surface area (Å²) in [6, 6.07) is 7.04. The summed E-state index contributed by atoms with van der Waals surface area (Å²) in [6.45, 7) is -0.364. The van der Waals surface area contributed by atoms with Crippen LogP contribution >= 0.6 is 0 Å². The summed E-state index contributed by atoms with van der Waals surface area (Å²) in [5.41, 5.74) is 1.48. The second kappa shape index (κ2) is 11.3. The number of carboxylic acids is 2. The zero-order chi connectivity index (χ0) is 14.5. The summed E-state index contributed by atoms with van der Waals surface area (Å²) in [7, 11) is 0. The zero-order valence-corrected chi connectivity index (χ0v) is 18.9. The number of nitrogens with one attached hydrogen (secondary N) is 1. The third-order valence-electron chi connectivity index (χ3n) is 2.96. The summed E-state index contributed by atoms with van der Waals surface area (Å²) in [6.07, 6.45) is 1.64. The fourth-order valence-electron chi connectivity index (χ4n) is 2.02. The van der Waals surface area contributed by atoms with Gasteiger partial charge in [-0.3, -0.25) is 4.99 Å². The summed E-state index contributed by atoms with van der Waals surface area (Å²) < 4.78 is 0. The molecule has 2 rings (SSSR count). The first-order valence-corrected chi connectivity index (χ1v) is 6.05. The molecular formula is C13H13K2N3O4. The fourth-order valence-corrected chi connectivity index (χ4v) is 2.02. The molecule has 106 valence electrons. The Morgan fingerprint density at radius 1 is 1.14 bits per heavy atom. The van der Waals surface area contributed by atoms with E-state index in [9.17, 15) is 19.8 Å². The maximum Gasteiger partial charge on any atom is 1.00 e. The summed E-state index contributed by atoms with van der Waals surface area (Å²) >= 11 is 0. The van der Waals surface area contributed by atoms with E-state index in [0.717, 1.165) is 5.56 Å². The second-order valence-electron chi connectivity index (χ2n) is 4.41. The monoisotopic (exact) mass is 353 g/mol. The van der Waals surface area contributed by atoms with Gasteiger partial charge < -0.3 is 30.0 Å². The number of hydrogen-bond donors (Lipinski definition) is 1. The minimum atomic E-state index is -1.35. The van der Waals surface area contributed by atoms with Crippen LogP contribution in [0.4, 0.5) is 5.69 Å². The van der Waals surface area contributed by atoms with Crippen molar-refractivity contribution in [1.82, 2.24) is 5.32 Å². The maximum atomic E-state index is 10.6. The minimum Gasteiger partial charge on any atom is -0.548 e. The molecule has 0 spiro atoms. The van der Waals surface area contributed by atoms with Gasteiger partial charge in [-0.2, -0.15) is 0 Å². The molecule has 22 heavy (non-hydrogen) atoms. The molecule has 1 atom stereocenters. The van der Waals surface area contributed by atoms with Crippen LogP contribution in [0.15, 0.2) is 29.3 Å². The first-order chi connectivity index (χ1) is 9.56. The second-order valence-corrected chi connectivity index (χ2v) is 4.41. The van der Waals surface area contributed by atoms with Crippen LogP contribution in [0.2, 0.25) is 0 Å². The molecule has 0 amide bonds. The number of carboxylic acid groups (broad SMARTS) is 2. The molecule has 9 heteroatoms. The smallest absolute Gasteiger partial charge is 0.548 e. The van der Waals surface area contributed by atoms with Crippen LogP contribution in [0, 0.1) is 0 Å². The van der Waals surface area contributed by atoms with E-state index in [0.29, 0.717) is 12.2 Å². The summed E-state index contributed by atoms with van der Waals surface area (Å²) in [5, 5.41) is 24.4. The molecule has 0 aliphatic carbocycles. The first-order valence-electron chi connectivity index (χ1n) is 6.05. The molecule has 1 aliphatic rings. The van der Waals surface area contributed by atoms with Crippen LogP contribution in [0.25, 0.3) is 0 Å². The van der Waals surface area contributed by atoms with Crippen molar-refractivity contribution in [2.75, 3.05) is 24.5 Å². The van der Waals surface area contributed by atoms with Crippen molar-refractivity contribution < 1.29 is 123 Å². The molecule has 1 aliphatic heterocycles. The third kappa shape index (κ3) is 7.08. The fraction of sp³-hybridized carbons (Fsp3) is 0.308. The molecule has 0 radical (unpaired) electrons. The summed E-state index contributed by atoms with van der Waals surface area (Å²) in [4.78, 5) is 26.5. The standard InChI is InChI=1S/C13H15N3O4.2K/c17-12(18)6-16(7-13(19)20)10-3-1-9(2-4-10)11-5-14-8-15-11;;/h1-4,8,11H,5-7H2,(H,14,15)(H,17,18)(H,19,20);;/q;2*+1/p-2. The Balaban J connectivity index is 0.00000220. The molecule has 1 aromatic carbocycles. The summed E-state index contributed by atoms with van der Waals surface area (Å²) in [5.74, 6) is -2.69. The van der Waals surface area contributed by atoms with Gasteiger partial charge in [-0.15, -0.1) is 0 Å². The Hall–Kier alpha value is 0.703. The minimum absolute atomic E-state index is 0. The van der Waals surface area contributed by atoms with E-state index >= 15 is 0 Å². The van der Waals surface area contributed by atoms with Crippen molar-refractivity contribution in [3.63, 3.8) is 0 Å². The third-order valence-corrected chi connectivity index (χ3v) is 2.96. The van der Waals surface area contributed by atoms with E-state index in [-0.39, 0.29) is 109 Å².